The Morgan fingerprint density at radius 3 is 1.53 bits per heavy atom. The molecular weight excluding hydrogens is 695 g/mol. The lowest BCUT2D eigenvalue weighted by atomic mass is 10.0. The van der Waals surface area contributed by atoms with E-state index in [0.29, 0.717) is 17.5 Å². The molecule has 57 heavy (non-hydrogen) atoms. The van der Waals surface area contributed by atoms with Crippen LogP contribution in [-0.2, 0) is 0 Å². The number of nitrogens with zero attached hydrogens (tertiary/aromatic N) is 5. The smallest absolute Gasteiger partial charge is 0.164 e. The van der Waals surface area contributed by atoms with Crippen LogP contribution in [0, 0.1) is 0 Å². The Morgan fingerprint density at radius 2 is 0.895 bits per heavy atom. The highest BCUT2D eigenvalue weighted by atomic mass is 15.0. The highest BCUT2D eigenvalue weighted by Gasteiger charge is 2.18. The first-order valence-electron chi connectivity index (χ1n) is 18.9. The summed E-state index contributed by atoms with van der Waals surface area (Å²) in [6.45, 7) is 12.0. The zero-order chi connectivity index (χ0) is 39.1. The molecule has 3 aromatic heterocycles. The normalized spacial score (nSPS) is 10.8. The second kappa shape index (κ2) is 16.4. The Labute approximate surface area is 332 Å². The molecule has 0 saturated carbocycles. The number of fused-ring (bicyclic) bond motifs is 7. The van der Waals surface area contributed by atoms with Gasteiger partial charge in [0.05, 0.1) is 16.6 Å². The molecule has 10 rings (SSSR count). The van der Waals surface area contributed by atoms with Crippen LogP contribution < -0.4 is 0 Å². The molecule has 0 aliphatic carbocycles. The number of aromatic nitrogens is 5. The van der Waals surface area contributed by atoms with E-state index in [0.717, 1.165) is 33.6 Å². The predicted octanol–water partition coefficient (Wildman–Crippen LogP) is 13.6. The molecule has 0 saturated heterocycles. The average molecular weight is 736 g/mol. The molecule has 274 valence electrons. The van der Waals surface area contributed by atoms with Gasteiger partial charge in [-0.1, -0.05) is 159 Å². The van der Waals surface area contributed by atoms with Crippen molar-refractivity contribution >= 4 is 43.5 Å². The second-order valence-corrected chi connectivity index (χ2v) is 13.4. The van der Waals surface area contributed by atoms with Crippen molar-refractivity contribution in [3.8, 4) is 45.5 Å². The number of hydrogen-bond acceptors (Lipinski definition) is 3. The van der Waals surface area contributed by atoms with Crippen molar-refractivity contribution in [1.82, 2.24) is 24.1 Å². The average Bonchev–Trinajstić information content (AvgIpc) is 3.88. The monoisotopic (exact) mass is 735 g/mol. The summed E-state index contributed by atoms with van der Waals surface area (Å²) < 4.78 is 4.66. The Hall–Kier alpha value is -7.63. The maximum atomic E-state index is 4.97. The van der Waals surface area contributed by atoms with Crippen LogP contribution in [0.2, 0.25) is 0 Å². The van der Waals surface area contributed by atoms with Gasteiger partial charge in [0, 0.05) is 55.8 Å². The Balaban J connectivity index is 0.000000606. The fourth-order valence-corrected chi connectivity index (χ4v) is 7.29. The maximum Gasteiger partial charge on any atom is 0.164 e. The number of hydrogen-bond donors (Lipinski definition) is 0. The summed E-state index contributed by atoms with van der Waals surface area (Å²) in [6.07, 6.45) is 7.19. The van der Waals surface area contributed by atoms with E-state index >= 15 is 0 Å². The molecule has 0 spiro atoms. The lowest BCUT2D eigenvalue weighted by Crippen LogP contribution is -2.00. The van der Waals surface area contributed by atoms with E-state index in [1.807, 2.05) is 67.6 Å². The van der Waals surface area contributed by atoms with E-state index < -0.39 is 0 Å². The maximum absolute atomic E-state index is 4.97. The Morgan fingerprint density at radius 1 is 0.421 bits per heavy atom. The van der Waals surface area contributed by atoms with Crippen molar-refractivity contribution in [3.63, 3.8) is 0 Å². The molecule has 0 bridgehead atoms. The first-order chi connectivity index (χ1) is 28.1. The molecule has 5 heteroatoms. The van der Waals surface area contributed by atoms with Crippen molar-refractivity contribution < 1.29 is 0 Å². The number of rotatable bonds is 6. The van der Waals surface area contributed by atoms with Crippen LogP contribution in [0.5, 0.6) is 0 Å². The minimum Gasteiger partial charge on any atom is -0.317 e. The van der Waals surface area contributed by atoms with Gasteiger partial charge in [-0.2, -0.15) is 0 Å². The fourth-order valence-electron chi connectivity index (χ4n) is 7.29. The number of para-hydroxylation sites is 2. The van der Waals surface area contributed by atoms with Gasteiger partial charge >= 0.3 is 0 Å². The van der Waals surface area contributed by atoms with Crippen molar-refractivity contribution in [3.05, 3.63) is 214 Å². The van der Waals surface area contributed by atoms with E-state index in [2.05, 4.69) is 144 Å². The van der Waals surface area contributed by atoms with E-state index in [1.165, 1.54) is 38.0 Å². The molecular formula is C52H41N5. The van der Waals surface area contributed by atoms with Crippen LogP contribution in [0.3, 0.4) is 0 Å². The summed E-state index contributed by atoms with van der Waals surface area (Å²) in [5.41, 5.74) is 8.60. The Kier molecular flexibility index (Phi) is 10.5. The summed E-state index contributed by atoms with van der Waals surface area (Å²) in [4.78, 5) is 14.8. The third-order valence-corrected chi connectivity index (χ3v) is 9.76. The summed E-state index contributed by atoms with van der Waals surface area (Å²) in [5, 5.41) is 6.17. The molecule has 7 aromatic carbocycles. The summed E-state index contributed by atoms with van der Waals surface area (Å²) in [7, 11) is 0. The van der Waals surface area contributed by atoms with Gasteiger partial charge in [-0.05, 0) is 54.8 Å². The van der Waals surface area contributed by atoms with Gasteiger partial charge < -0.3 is 9.13 Å². The lowest BCUT2D eigenvalue weighted by Gasteiger charge is -2.12. The van der Waals surface area contributed by atoms with Crippen LogP contribution in [0.1, 0.15) is 6.92 Å². The van der Waals surface area contributed by atoms with Crippen molar-refractivity contribution in [2.45, 2.75) is 6.92 Å². The molecule has 5 nitrogen and oxygen atoms in total. The SMILES string of the molecule is C=CC.C=CC=C.c1ccc(-c2nc(-c3ccccc3)nc(-c3cccc(-n4ccc5c6ccc7c8ccccc8n(-c8ccccc8)c7c6ccc54)c3)n2)cc1. The highest BCUT2D eigenvalue weighted by molar-refractivity contribution is 6.22. The summed E-state index contributed by atoms with van der Waals surface area (Å²) in [6, 6.07) is 59.3. The number of allylic oxidation sites excluding steroid dienone is 3. The van der Waals surface area contributed by atoms with Crippen LogP contribution >= 0.6 is 0 Å². The van der Waals surface area contributed by atoms with Crippen LogP contribution in [0.15, 0.2) is 214 Å². The third-order valence-electron chi connectivity index (χ3n) is 9.76. The quantitative estimate of drug-likeness (QED) is 0.126. The first-order valence-corrected chi connectivity index (χ1v) is 18.9. The molecule has 0 unspecified atom stereocenters. The van der Waals surface area contributed by atoms with E-state index in [-0.39, 0.29) is 0 Å². The van der Waals surface area contributed by atoms with Crippen molar-refractivity contribution in [2.24, 2.45) is 0 Å². The van der Waals surface area contributed by atoms with Crippen molar-refractivity contribution in [2.75, 3.05) is 0 Å². The molecule has 10 aromatic rings. The van der Waals surface area contributed by atoms with Gasteiger partial charge in [-0.25, -0.2) is 15.0 Å². The standard InChI is InChI=1S/C45H29N5.C4H6.C3H6/c1-4-13-30(14-5-1)43-46-44(31-15-6-2-7-16-31)48-45(47-43)32-17-12-20-34(29-32)49-28-27-37-35-23-24-39-36-21-10-11-22-41(36)50(33-18-8-3-9-19-33)42(39)38(35)25-26-40(37)49;1-3-4-2;1-3-2/h1-29H;3-4H,1-2H2;3H,1H2,2H3. The van der Waals surface area contributed by atoms with E-state index in [1.54, 1.807) is 18.2 Å². The predicted molar refractivity (Wildman–Crippen MR) is 241 cm³/mol. The molecule has 0 amide bonds. The Bertz CT molecular complexity index is 2950. The highest BCUT2D eigenvalue weighted by Crippen LogP contribution is 2.39. The van der Waals surface area contributed by atoms with Gasteiger partial charge in [-0.3, -0.25) is 0 Å². The molecule has 0 radical (unpaired) electrons. The summed E-state index contributed by atoms with van der Waals surface area (Å²) in [5.74, 6) is 1.94. The van der Waals surface area contributed by atoms with Crippen LogP contribution in [0.25, 0.3) is 89.0 Å². The third kappa shape index (κ3) is 7.06. The molecule has 0 aliphatic rings. The minimum atomic E-state index is 0.637. The van der Waals surface area contributed by atoms with Crippen LogP contribution in [0.4, 0.5) is 0 Å². The molecule has 0 aliphatic heterocycles. The lowest BCUT2D eigenvalue weighted by molar-refractivity contribution is 1.07. The molecule has 0 N–H and O–H groups in total. The van der Waals surface area contributed by atoms with Gasteiger partial charge in [0.25, 0.3) is 0 Å². The van der Waals surface area contributed by atoms with Crippen LogP contribution in [-0.4, -0.2) is 24.1 Å². The van der Waals surface area contributed by atoms with Gasteiger partial charge in [0.2, 0.25) is 0 Å². The molecule has 0 atom stereocenters. The topological polar surface area (TPSA) is 48.5 Å². The van der Waals surface area contributed by atoms with Gasteiger partial charge in [0.1, 0.15) is 0 Å². The largest absolute Gasteiger partial charge is 0.317 e. The fraction of sp³-hybridized carbons (Fsp3) is 0.0192. The number of benzene rings is 7. The summed E-state index contributed by atoms with van der Waals surface area (Å²) >= 11 is 0. The van der Waals surface area contributed by atoms with Crippen molar-refractivity contribution in [1.29, 1.82) is 0 Å². The van der Waals surface area contributed by atoms with Gasteiger partial charge in [-0.15, -0.1) is 6.58 Å². The zero-order valence-corrected chi connectivity index (χ0v) is 31.8. The van der Waals surface area contributed by atoms with E-state index in [4.69, 9.17) is 15.0 Å². The van der Waals surface area contributed by atoms with Gasteiger partial charge in [0.15, 0.2) is 17.5 Å². The molecule has 3 heterocycles. The second-order valence-electron chi connectivity index (χ2n) is 13.4. The zero-order valence-electron chi connectivity index (χ0n) is 31.8. The minimum absolute atomic E-state index is 0.637. The molecule has 0 fully saturated rings. The first kappa shape index (κ1) is 36.4. The van der Waals surface area contributed by atoms with E-state index in [9.17, 15) is 0 Å².